The number of amides is 1. The largest absolute Gasteiger partial charge is 0.361 e. The molecule has 1 fully saturated rings. The van der Waals surface area contributed by atoms with Crippen molar-refractivity contribution in [3.8, 4) is 0 Å². The van der Waals surface area contributed by atoms with E-state index in [1.165, 1.54) is 12.1 Å². The first-order chi connectivity index (χ1) is 11.1. The Labute approximate surface area is 136 Å². The Morgan fingerprint density at radius 3 is 3.00 bits per heavy atom. The molecule has 1 saturated heterocycles. The summed E-state index contributed by atoms with van der Waals surface area (Å²) in [5, 5.41) is 1.02. The van der Waals surface area contributed by atoms with Gasteiger partial charge in [-0.3, -0.25) is 4.79 Å². The van der Waals surface area contributed by atoms with Gasteiger partial charge in [0.1, 0.15) is 5.82 Å². The van der Waals surface area contributed by atoms with Crippen LogP contribution < -0.4 is 0 Å². The van der Waals surface area contributed by atoms with Gasteiger partial charge in [-0.05, 0) is 30.2 Å². The summed E-state index contributed by atoms with van der Waals surface area (Å²) >= 11 is 0. The Hall–Kier alpha value is -2.62. The van der Waals surface area contributed by atoms with Gasteiger partial charge in [-0.15, -0.1) is 0 Å². The maximum atomic E-state index is 13.3. The number of benzene rings is 1. The zero-order chi connectivity index (χ0) is 16.4. The molecule has 2 heterocycles. The summed E-state index contributed by atoms with van der Waals surface area (Å²) in [5.41, 5.74) is 2.49. The molecule has 120 valence electrons. The molecular formula is C19H21FN2O. The molecule has 0 radical (unpaired) electrons. The van der Waals surface area contributed by atoms with E-state index in [-0.39, 0.29) is 19.1 Å². The van der Waals surface area contributed by atoms with Gasteiger partial charge in [-0.25, -0.2) is 4.39 Å². The molecule has 23 heavy (non-hydrogen) atoms. The molecule has 0 aliphatic carbocycles. The van der Waals surface area contributed by atoms with Crippen molar-refractivity contribution < 1.29 is 10.6 Å². The van der Waals surface area contributed by atoms with E-state index in [1.807, 2.05) is 11.1 Å². The van der Waals surface area contributed by atoms with Crippen LogP contribution in [0.5, 0.6) is 0 Å². The van der Waals surface area contributed by atoms with Crippen LogP contribution in [0.1, 0.15) is 19.3 Å². The van der Waals surface area contributed by atoms with Crippen LogP contribution in [-0.4, -0.2) is 28.9 Å². The third-order valence-electron chi connectivity index (χ3n) is 4.36. The Morgan fingerprint density at radius 1 is 1.43 bits per heavy atom. The fraction of sp³-hybridized carbons (Fsp3) is 0.211. The normalized spacial score (nSPS) is 18.4. The van der Waals surface area contributed by atoms with Gasteiger partial charge in [0.05, 0.1) is 0 Å². The molecule has 1 aliphatic rings. The van der Waals surface area contributed by atoms with E-state index in [0.717, 1.165) is 22.9 Å². The molecule has 1 aliphatic heterocycles. The lowest BCUT2D eigenvalue weighted by atomic mass is 9.98. The van der Waals surface area contributed by atoms with Crippen molar-refractivity contribution in [2.45, 2.75) is 12.3 Å². The minimum atomic E-state index is -0.251. The molecule has 3 rings (SSSR count). The van der Waals surface area contributed by atoms with Crippen LogP contribution in [0, 0.1) is 5.82 Å². The van der Waals surface area contributed by atoms with Gasteiger partial charge in [-0.1, -0.05) is 31.4 Å². The number of aromatic nitrogens is 1. The second-order valence-corrected chi connectivity index (χ2v) is 5.73. The van der Waals surface area contributed by atoms with Gasteiger partial charge in [0.25, 0.3) is 5.91 Å². The predicted octanol–water partition coefficient (Wildman–Crippen LogP) is 4.17. The lowest BCUT2D eigenvalue weighted by molar-refractivity contribution is -0.125. The molecule has 1 N–H and O–H groups in total. The summed E-state index contributed by atoms with van der Waals surface area (Å²) in [5.74, 6) is -0.0134. The van der Waals surface area contributed by atoms with Crippen LogP contribution in [0.2, 0.25) is 0 Å². The van der Waals surface area contributed by atoms with Crippen LogP contribution in [0.25, 0.3) is 10.9 Å². The number of carbonyl (C=O) groups is 1. The van der Waals surface area contributed by atoms with E-state index in [1.54, 1.807) is 24.3 Å². The van der Waals surface area contributed by atoms with Crippen molar-refractivity contribution in [3.05, 3.63) is 72.7 Å². The molecule has 0 saturated carbocycles. The molecular weight excluding hydrogens is 291 g/mol. The maximum absolute atomic E-state index is 13.3. The van der Waals surface area contributed by atoms with E-state index in [0.29, 0.717) is 18.7 Å². The van der Waals surface area contributed by atoms with Gasteiger partial charge in [0.2, 0.25) is 0 Å². The van der Waals surface area contributed by atoms with Crippen molar-refractivity contribution in [1.82, 2.24) is 9.88 Å². The third-order valence-corrected chi connectivity index (χ3v) is 4.36. The van der Waals surface area contributed by atoms with E-state index in [9.17, 15) is 9.18 Å². The van der Waals surface area contributed by atoms with Gasteiger partial charge in [0, 0.05) is 43.1 Å². The third kappa shape index (κ3) is 2.84. The van der Waals surface area contributed by atoms with E-state index >= 15 is 0 Å². The molecule has 4 heteroatoms. The number of nitrogens with zero attached hydrogens (tertiary/aromatic N) is 1. The smallest absolute Gasteiger partial charge is 0.253 e. The molecule has 3 nitrogen and oxygen atoms in total. The summed E-state index contributed by atoms with van der Waals surface area (Å²) in [6, 6.07) is 4.77. The van der Waals surface area contributed by atoms with Gasteiger partial charge < -0.3 is 9.88 Å². The summed E-state index contributed by atoms with van der Waals surface area (Å²) in [6.45, 7) is 8.68. The zero-order valence-electron chi connectivity index (χ0n) is 12.9. The van der Waals surface area contributed by atoms with Crippen LogP contribution in [0.4, 0.5) is 4.39 Å². The van der Waals surface area contributed by atoms with E-state index < -0.39 is 0 Å². The molecule has 1 aromatic carbocycles. The number of hydrogen-bond donors (Lipinski definition) is 1. The number of allylic oxidation sites excluding steroid dienone is 2. The fourth-order valence-corrected chi connectivity index (χ4v) is 3.19. The van der Waals surface area contributed by atoms with Crippen molar-refractivity contribution in [3.63, 3.8) is 0 Å². The highest BCUT2D eigenvalue weighted by molar-refractivity contribution is 5.96. The number of nitrogens with one attached hydrogen (secondary N) is 1. The lowest BCUT2D eigenvalue weighted by Gasteiger charge is -2.17. The minimum Gasteiger partial charge on any atom is -0.361 e. The van der Waals surface area contributed by atoms with Crippen LogP contribution in [0.3, 0.4) is 0 Å². The number of fused-ring (bicyclic) bond motifs is 1. The number of carbonyl (C=O) groups excluding carboxylic acids is 1. The fourth-order valence-electron chi connectivity index (χ4n) is 3.19. The molecule has 1 aromatic heterocycles. The highest BCUT2D eigenvalue weighted by Gasteiger charge is 2.29. The molecule has 1 atom stereocenters. The maximum Gasteiger partial charge on any atom is 0.253 e. The number of hydrogen-bond acceptors (Lipinski definition) is 1. The quantitative estimate of drug-likeness (QED) is 0.667. The van der Waals surface area contributed by atoms with E-state index in [4.69, 9.17) is 0 Å². The highest BCUT2D eigenvalue weighted by atomic mass is 19.1. The number of aromatic amines is 1. The Balaban J connectivity index is 0.00000208. The molecule has 1 unspecified atom stereocenters. The second kappa shape index (κ2) is 6.24. The van der Waals surface area contributed by atoms with Crippen LogP contribution >= 0.6 is 0 Å². The Morgan fingerprint density at radius 2 is 2.26 bits per heavy atom. The van der Waals surface area contributed by atoms with Crippen molar-refractivity contribution in [1.29, 1.82) is 0 Å². The Bertz CT molecular complexity index is 809. The van der Waals surface area contributed by atoms with E-state index in [2.05, 4.69) is 18.1 Å². The Kier molecular flexibility index (Phi) is 4.15. The van der Waals surface area contributed by atoms with Gasteiger partial charge in [-0.2, -0.15) is 0 Å². The number of rotatable bonds is 4. The van der Waals surface area contributed by atoms with Crippen LogP contribution in [0.15, 0.2) is 61.4 Å². The lowest BCUT2D eigenvalue weighted by Crippen LogP contribution is -2.29. The molecule has 2 aromatic rings. The average molecular weight is 312 g/mol. The topological polar surface area (TPSA) is 36.1 Å². The second-order valence-electron chi connectivity index (χ2n) is 5.73. The van der Waals surface area contributed by atoms with Gasteiger partial charge in [0.15, 0.2) is 0 Å². The molecule has 0 spiro atoms. The highest BCUT2D eigenvalue weighted by Crippen LogP contribution is 2.33. The SMILES string of the molecule is C=C/C=C(\C=C)C(=O)N1CCC(c2c[nH]c3cc(F)ccc23)C1.[HH]. The van der Waals surface area contributed by atoms with Crippen molar-refractivity contribution in [2.75, 3.05) is 13.1 Å². The summed E-state index contributed by atoms with van der Waals surface area (Å²) < 4.78 is 13.3. The number of H-pyrrole nitrogens is 1. The summed E-state index contributed by atoms with van der Waals surface area (Å²) in [7, 11) is 0. The molecule has 1 amide bonds. The monoisotopic (exact) mass is 312 g/mol. The van der Waals surface area contributed by atoms with Gasteiger partial charge >= 0.3 is 0 Å². The van der Waals surface area contributed by atoms with Crippen LogP contribution in [-0.2, 0) is 4.79 Å². The summed E-state index contributed by atoms with van der Waals surface area (Å²) in [4.78, 5) is 17.4. The standard InChI is InChI=1S/C19H19FN2O.H2/c1-3-5-13(4-2)19(23)22-9-8-14(12-22)17-11-21-18-10-15(20)6-7-16(17)18;/h3-7,10-11,14,21H,1-2,8-9,12H2;1H/b13-5+;. The van der Waals surface area contributed by atoms with Crippen molar-refractivity contribution >= 4 is 16.8 Å². The average Bonchev–Trinajstić information content (AvgIpc) is 3.17. The first-order valence-corrected chi connectivity index (χ1v) is 7.65. The predicted molar refractivity (Wildman–Crippen MR) is 92.8 cm³/mol. The minimum absolute atomic E-state index is 0. The number of halogens is 1. The zero-order valence-corrected chi connectivity index (χ0v) is 12.9. The number of likely N-dealkylation sites (tertiary alicyclic amines) is 1. The first-order valence-electron chi connectivity index (χ1n) is 7.65. The first kappa shape index (κ1) is 15.3. The molecule has 0 bridgehead atoms. The summed E-state index contributed by atoms with van der Waals surface area (Å²) in [6.07, 6.45) is 7.66. The van der Waals surface area contributed by atoms with Crippen molar-refractivity contribution in [2.24, 2.45) is 0 Å².